The largest absolute Gasteiger partial charge is 0.492 e. The molecule has 0 fully saturated rings. The van der Waals surface area contributed by atoms with Crippen molar-refractivity contribution in [3.8, 4) is 17.5 Å². The van der Waals surface area contributed by atoms with Crippen molar-refractivity contribution in [2.45, 2.75) is 13.8 Å². The summed E-state index contributed by atoms with van der Waals surface area (Å²) in [7, 11) is 0. The molecule has 0 radical (unpaired) electrons. The quantitative estimate of drug-likeness (QED) is 0.534. The lowest BCUT2D eigenvalue weighted by Gasteiger charge is -2.19. The molecule has 1 heterocycles. The monoisotopic (exact) mass is 379 g/mol. The molecular formula is C21H25N5O2. The maximum absolute atomic E-state index is 5.81. The summed E-state index contributed by atoms with van der Waals surface area (Å²) in [6.45, 7) is 6.76. The fourth-order valence-corrected chi connectivity index (χ4v) is 2.56. The Labute approximate surface area is 165 Å². The van der Waals surface area contributed by atoms with Gasteiger partial charge in [0.05, 0.1) is 6.54 Å². The molecule has 0 aliphatic rings. The molecule has 0 unspecified atom stereocenters. The standard InChI is InChI=1S/C21H25N5O2/c1-3-26(4-2)20-23-19(22-15-16-27-17-11-7-5-8-12-17)24-21(25-20)28-18-13-9-6-10-14-18/h5-14H,3-4,15-16H2,1-2H3,(H,22,23,24,25). The summed E-state index contributed by atoms with van der Waals surface area (Å²) >= 11 is 0. The van der Waals surface area contributed by atoms with Crippen molar-refractivity contribution in [2.75, 3.05) is 36.5 Å². The fourth-order valence-electron chi connectivity index (χ4n) is 2.56. The van der Waals surface area contributed by atoms with Gasteiger partial charge in [0.25, 0.3) is 0 Å². The molecule has 0 saturated carbocycles. The minimum Gasteiger partial charge on any atom is -0.492 e. The van der Waals surface area contributed by atoms with Crippen LogP contribution in [-0.4, -0.2) is 41.2 Å². The van der Waals surface area contributed by atoms with E-state index < -0.39 is 0 Å². The van der Waals surface area contributed by atoms with E-state index in [1.165, 1.54) is 0 Å². The Hall–Kier alpha value is -3.35. The highest BCUT2D eigenvalue weighted by molar-refractivity contribution is 5.39. The number of anilines is 2. The third kappa shape index (κ3) is 5.57. The smallest absolute Gasteiger partial charge is 0.328 e. The Morgan fingerprint density at radius 2 is 1.46 bits per heavy atom. The number of rotatable bonds is 10. The molecule has 0 bridgehead atoms. The van der Waals surface area contributed by atoms with Crippen LogP contribution in [0, 0.1) is 0 Å². The van der Waals surface area contributed by atoms with Gasteiger partial charge in [-0.3, -0.25) is 0 Å². The Bertz CT molecular complexity index is 842. The molecule has 3 aromatic rings. The number of nitrogens with one attached hydrogen (secondary N) is 1. The molecule has 0 atom stereocenters. The molecule has 28 heavy (non-hydrogen) atoms. The van der Waals surface area contributed by atoms with Gasteiger partial charge in [0.2, 0.25) is 11.9 Å². The third-order valence-electron chi connectivity index (χ3n) is 4.00. The van der Waals surface area contributed by atoms with Crippen molar-refractivity contribution < 1.29 is 9.47 Å². The van der Waals surface area contributed by atoms with Crippen LogP contribution in [0.15, 0.2) is 60.7 Å². The normalized spacial score (nSPS) is 10.4. The molecule has 0 spiro atoms. The van der Waals surface area contributed by atoms with Gasteiger partial charge in [0.15, 0.2) is 0 Å². The van der Waals surface area contributed by atoms with Crippen molar-refractivity contribution in [1.29, 1.82) is 0 Å². The van der Waals surface area contributed by atoms with E-state index in [2.05, 4.69) is 34.1 Å². The first kappa shape index (κ1) is 19.4. The highest BCUT2D eigenvalue weighted by Crippen LogP contribution is 2.21. The molecule has 1 aromatic heterocycles. The second kappa shape index (κ2) is 10.1. The fraction of sp³-hybridized carbons (Fsp3) is 0.286. The second-order valence-corrected chi connectivity index (χ2v) is 5.92. The van der Waals surface area contributed by atoms with Crippen LogP contribution in [0.4, 0.5) is 11.9 Å². The maximum Gasteiger partial charge on any atom is 0.328 e. The van der Waals surface area contributed by atoms with Crippen LogP contribution in [0.2, 0.25) is 0 Å². The van der Waals surface area contributed by atoms with Crippen molar-refractivity contribution >= 4 is 11.9 Å². The topological polar surface area (TPSA) is 72.4 Å². The molecule has 3 rings (SSSR count). The number of hydrogen-bond acceptors (Lipinski definition) is 7. The van der Waals surface area contributed by atoms with Crippen LogP contribution in [-0.2, 0) is 0 Å². The minimum atomic E-state index is 0.259. The summed E-state index contributed by atoms with van der Waals surface area (Å²) in [4.78, 5) is 15.4. The Balaban J connectivity index is 1.69. The zero-order valence-electron chi connectivity index (χ0n) is 16.2. The Morgan fingerprint density at radius 3 is 2.11 bits per heavy atom. The number of hydrogen-bond donors (Lipinski definition) is 1. The number of ether oxygens (including phenoxy) is 2. The van der Waals surface area contributed by atoms with Gasteiger partial charge in [-0.2, -0.15) is 15.0 Å². The van der Waals surface area contributed by atoms with Crippen molar-refractivity contribution in [3.63, 3.8) is 0 Å². The number of nitrogens with zero attached hydrogens (tertiary/aromatic N) is 4. The highest BCUT2D eigenvalue weighted by atomic mass is 16.5. The van der Waals surface area contributed by atoms with Crippen molar-refractivity contribution in [1.82, 2.24) is 15.0 Å². The molecule has 7 heteroatoms. The molecular weight excluding hydrogens is 354 g/mol. The summed E-state index contributed by atoms with van der Waals surface area (Å²) in [6.07, 6.45) is 0. The van der Waals surface area contributed by atoms with Crippen LogP contribution in [0.1, 0.15) is 13.8 Å². The van der Waals surface area contributed by atoms with Crippen LogP contribution < -0.4 is 19.7 Å². The zero-order chi connectivity index (χ0) is 19.6. The molecule has 0 amide bonds. The second-order valence-electron chi connectivity index (χ2n) is 5.92. The van der Waals surface area contributed by atoms with Gasteiger partial charge in [0, 0.05) is 13.1 Å². The summed E-state index contributed by atoms with van der Waals surface area (Å²) in [5.74, 6) is 2.55. The SMILES string of the molecule is CCN(CC)c1nc(NCCOc2ccccc2)nc(Oc2ccccc2)n1. The average molecular weight is 379 g/mol. The first-order valence-corrected chi connectivity index (χ1v) is 9.44. The first-order valence-electron chi connectivity index (χ1n) is 9.44. The van der Waals surface area contributed by atoms with Gasteiger partial charge in [-0.05, 0) is 38.1 Å². The predicted molar refractivity (Wildman–Crippen MR) is 110 cm³/mol. The van der Waals surface area contributed by atoms with Crippen molar-refractivity contribution in [3.05, 3.63) is 60.7 Å². The highest BCUT2D eigenvalue weighted by Gasteiger charge is 2.12. The van der Waals surface area contributed by atoms with Crippen LogP contribution in [0.25, 0.3) is 0 Å². The van der Waals surface area contributed by atoms with Gasteiger partial charge in [-0.15, -0.1) is 0 Å². The van der Waals surface area contributed by atoms with E-state index in [0.29, 0.717) is 30.8 Å². The molecule has 146 valence electrons. The summed E-state index contributed by atoms with van der Waals surface area (Å²) in [6, 6.07) is 19.4. The summed E-state index contributed by atoms with van der Waals surface area (Å²) in [5, 5.41) is 3.19. The zero-order valence-corrected chi connectivity index (χ0v) is 16.2. The van der Waals surface area contributed by atoms with E-state index in [-0.39, 0.29) is 6.01 Å². The van der Waals surface area contributed by atoms with Crippen LogP contribution >= 0.6 is 0 Å². The predicted octanol–water partition coefficient (Wildman–Crippen LogP) is 4.00. The summed E-state index contributed by atoms with van der Waals surface area (Å²) < 4.78 is 11.5. The minimum absolute atomic E-state index is 0.259. The van der Waals surface area contributed by atoms with Gasteiger partial charge in [-0.25, -0.2) is 0 Å². The number of aromatic nitrogens is 3. The van der Waals surface area contributed by atoms with E-state index in [9.17, 15) is 0 Å². The van der Waals surface area contributed by atoms with Gasteiger partial charge >= 0.3 is 6.01 Å². The lowest BCUT2D eigenvalue weighted by atomic mass is 10.3. The number of benzene rings is 2. The van der Waals surface area contributed by atoms with Crippen molar-refractivity contribution in [2.24, 2.45) is 0 Å². The van der Waals surface area contributed by atoms with E-state index in [1.807, 2.05) is 65.6 Å². The van der Waals surface area contributed by atoms with E-state index in [1.54, 1.807) is 0 Å². The van der Waals surface area contributed by atoms with Gasteiger partial charge in [0.1, 0.15) is 18.1 Å². The third-order valence-corrected chi connectivity index (χ3v) is 4.00. The molecule has 1 N–H and O–H groups in total. The van der Waals surface area contributed by atoms with E-state index >= 15 is 0 Å². The lowest BCUT2D eigenvalue weighted by molar-refractivity contribution is 0.332. The van der Waals surface area contributed by atoms with Gasteiger partial charge < -0.3 is 19.7 Å². The summed E-state index contributed by atoms with van der Waals surface area (Å²) in [5.41, 5.74) is 0. The number of para-hydroxylation sites is 2. The van der Waals surface area contributed by atoms with Gasteiger partial charge in [-0.1, -0.05) is 36.4 Å². The first-order chi connectivity index (χ1) is 13.8. The Morgan fingerprint density at radius 1 is 0.821 bits per heavy atom. The molecule has 2 aromatic carbocycles. The van der Waals surface area contributed by atoms with Crippen LogP contribution in [0.5, 0.6) is 17.5 Å². The van der Waals surface area contributed by atoms with E-state index in [4.69, 9.17) is 9.47 Å². The molecule has 0 aliphatic carbocycles. The average Bonchev–Trinajstić information content (AvgIpc) is 2.74. The molecule has 0 saturated heterocycles. The maximum atomic E-state index is 5.81. The Kier molecular flexibility index (Phi) is 7.01. The molecule has 0 aliphatic heterocycles. The lowest BCUT2D eigenvalue weighted by Crippen LogP contribution is -2.25. The van der Waals surface area contributed by atoms with Crippen LogP contribution in [0.3, 0.4) is 0 Å². The van der Waals surface area contributed by atoms with E-state index in [0.717, 1.165) is 18.8 Å². The molecule has 7 nitrogen and oxygen atoms in total.